The number of fused-ring (bicyclic) bond motifs is 11. The zero-order chi connectivity index (χ0) is 37.8. The number of piperazine rings is 1. The summed E-state index contributed by atoms with van der Waals surface area (Å²) in [6.45, 7) is 9.72. The summed E-state index contributed by atoms with van der Waals surface area (Å²) >= 11 is 1.73. The average molecular weight is 744 g/mol. The standard InChI is InChI=1S/C44H45N3O6S/c1-22-15-27-16-32-34(18-45)47-33(38(46(32)6)36(27)25(4)24(22)3)17-44(50)37(40-39(52-21-53-40)26(5)42(44)48)35(47)19-51-43(49)23(2)20-54-41-30-13-9-7-11-28(30)29-12-8-10-14-31(29)41/h7-15,23,32-35,38,41,50H,16-17,19-21H2,1-6H3/t23?,32-,33?,34-,35-,38+,44+/m0/s1. The molecule has 4 heterocycles. The van der Waals surface area contributed by atoms with Gasteiger partial charge in [-0.3, -0.25) is 19.4 Å². The van der Waals surface area contributed by atoms with E-state index in [9.17, 15) is 20.0 Å². The van der Waals surface area contributed by atoms with Crippen LogP contribution in [0.2, 0.25) is 0 Å². The number of rotatable bonds is 6. The normalized spacial score (nSPS) is 28.9. The van der Waals surface area contributed by atoms with E-state index in [0.29, 0.717) is 34.8 Å². The summed E-state index contributed by atoms with van der Waals surface area (Å²) in [4.78, 5) is 32.7. The number of hydrogen-bond acceptors (Lipinski definition) is 10. The van der Waals surface area contributed by atoms with Crippen LogP contribution in [0.25, 0.3) is 11.1 Å². The van der Waals surface area contributed by atoms with E-state index in [1.807, 2.05) is 6.92 Å². The number of ketones is 1. The number of hydrogen-bond donors (Lipinski definition) is 1. The third-order valence-corrected chi connectivity index (χ3v) is 14.7. The lowest BCUT2D eigenvalue weighted by Gasteiger charge is -2.62. The SMILES string of the molecule is CC1=C2OCOC2=C2[C@H](COC(=O)C(C)CSC3c4ccccc4-c4ccccc43)N3C(C[C@]2(O)C1=O)[C@@H]1c2c(cc(C)c(C)c2C)C[C@@H]([C@@H]3C#N)N1C. The fourth-order valence-electron chi connectivity index (χ4n) is 10.3. The molecule has 9 rings (SSSR count). The monoisotopic (exact) mass is 743 g/mol. The summed E-state index contributed by atoms with van der Waals surface area (Å²) in [5, 5.41) is 23.8. The van der Waals surface area contributed by atoms with Crippen molar-refractivity contribution in [1.82, 2.24) is 9.80 Å². The van der Waals surface area contributed by atoms with Crippen LogP contribution < -0.4 is 0 Å². The van der Waals surface area contributed by atoms with Crippen LogP contribution in [0, 0.1) is 38.0 Å². The molecule has 2 aliphatic carbocycles. The van der Waals surface area contributed by atoms with E-state index in [4.69, 9.17) is 14.2 Å². The highest BCUT2D eigenvalue weighted by Gasteiger charge is 2.64. The molecule has 10 heteroatoms. The van der Waals surface area contributed by atoms with Crippen LogP contribution in [0.15, 0.2) is 77.3 Å². The Balaban J connectivity index is 1.06. The van der Waals surface area contributed by atoms with Gasteiger partial charge in [-0.2, -0.15) is 5.26 Å². The Morgan fingerprint density at radius 1 is 1.04 bits per heavy atom. The van der Waals surface area contributed by atoms with Crippen LogP contribution in [0.5, 0.6) is 0 Å². The summed E-state index contributed by atoms with van der Waals surface area (Å²) < 4.78 is 18.1. The number of aliphatic hydroxyl groups is 1. The number of thioether (sulfide) groups is 1. The van der Waals surface area contributed by atoms with Gasteiger partial charge in [-0.05, 0) is 91.2 Å². The van der Waals surface area contributed by atoms with Crippen molar-refractivity contribution in [2.75, 3.05) is 26.2 Å². The van der Waals surface area contributed by atoms with E-state index >= 15 is 0 Å². The maximum atomic E-state index is 14.3. The van der Waals surface area contributed by atoms with Crippen molar-refractivity contribution >= 4 is 23.5 Å². The highest BCUT2D eigenvalue weighted by atomic mass is 32.2. The number of esters is 1. The van der Waals surface area contributed by atoms with Crippen LogP contribution in [0.4, 0.5) is 0 Å². The first-order valence-corrected chi connectivity index (χ1v) is 19.9. The Hall–Kier alpha value is -4.40. The molecule has 0 amide bonds. The summed E-state index contributed by atoms with van der Waals surface area (Å²) in [6, 6.07) is 19.5. The number of aryl methyl sites for hydroxylation is 1. The van der Waals surface area contributed by atoms with Crippen LogP contribution in [-0.2, 0) is 30.2 Å². The Bertz CT molecular complexity index is 2200. The molecule has 54 heavy (non-hydrogen) atoms. The van der Waals surface area contributed by atoms with Gasteiger partial charge in [-0.1, -0.05) is 61.5 Å². The van der Waals surface area contributed by atoms with Gasteiger partial charge >= 0.3 is 5.97 Å². The number of carbonyl (C=O) groups excluding carboxylic acids is 2. The topological polar surface area (TPSA) is 112 Å². The van der Waals surface area contributed by atoms with Gasteiger partial charge in [0.25, 0.3) is 0 Å². The lowest BCUT2D eigenvalue weighted by molar-refractivity contribution is -0.160. The number of carbonyl (C=O) groups is 2. The van der Waals surface area contributed by atoms with E-state index in [1.54, 1.807) is 18.7 Å². The molecule has 1 N–H and O–H groups in total. The second-order valence-electron chi connectivity index (χ2n) is 15.9. The molecule has 3 aromatic rings. The van der Waals surface area contributed by atoms with E-state index < -0.39 is 35.4 Å². The Morgan fingerprint density at radius 2 is 1.70 bits per heavy atom. The third kappa shape index (κ3) is 4.94. The molecule has 278 valence electrons. The maximum absolute atomic E-state index is 14.3. The Morgan fingerprint density at radius 3 is 2.39 bits per heavy atom. The van der Waals surface area contributed by atoms with Crippen molar-refractivity contribution in [3.63, 3.8) is 0 Å². The highest BCUT2D eigenvalue weighted by Crippen LogP contribution is 2.55. The summed E-state index contributed by atoms with van der Waals surface area (Å²) in [6.07, 6.45) is 0.741. The van der Waals surface area contributed by atoms with Crippen molar-refractivity contribution in [2.24, 2.45) is 5.92 Å². The number of likely N-dealkylation sites (N-methyl/N-ethyl adjacent to an activating group) is 1. The fourth-order valence-corrected chi connectivity index (χ4v) is 11.7. The predicted molar refractivity (Wildman–Crippen MR) is 205 cm³/mol. The summed E-state index contributed by atoms with van der Waals surface area (Å²) in [5.41, 5.74) is 9.66. The molecule has 3 fully saturated rings. The van der Waals surface area contributed by atoms with E-state index in [-0.39, 0.29) is 43.1 Å². The quantitative estimate of drug-likeness (QED) is 0.286. The molecular weight excluding hydrogens is 699 g/mol. The minimum Gasteiger partial charge on any atom is -0.463 e. The lowest BCUT2D eigenvalue weighted by Crippen LogP contribution is -2.74. The zero-order valence-corrected chi connectivity index (χ0v) is 32.3. The zero-order valence-electron chi connectivity index (χ0n) is 31.5. The van der Waals surface area contributed by atoms with Gasteiger partial charge in [0, 0.05) is 35.4 Å². The molecule has 4 aliphatic heterocycles. The van der Waals surface area contributed by atoms with Gasteiger partial charge in [0.05, 0.1) is 29.3 Å². The smallest absolute Gasteiger partial charge is 0.309 e. The molecular formula is C44H45N3O6S. The molecule has 3 aromatic carbocycles. The molecule has 7 atom stereocenters. The van der Waals surface area contributed by atoms with Gasteiger partial charge in [0.1, 0.15) is 12.6 Å². The Kier molecular flexibility index (Phi) is 8.40. The minimum atomic E-state index is -1.93. The third-order valence-electron chi connectivity index (χ3n) is 13.2. The number of ether oxygens (including phenoxy) is 3. The van der Waals surface area contributed by atoms with Crippen LogP contribution in [0.1, 0.15) is 70.5 Å². The maximum Gasteiger partial charge on any atom is 0.309 e. The lowest BCUT2D eigenvalue weighted by atomic mass is 9.64. The summed E-state index contributed by atoms with van der Waals surface area (Å²) in [7, 11) is 2.06. The molecule has 0 radical (unpaired) electrons. The minimum absolute atomic E-state index is 0.0617. The van der Waals surface area contributed by atoms with Gasteiger partial charge in [0.15, 0.2) is 22.9 Å². The number of piperidine rings is 1. The van der Waals surface area contributed by atoms with Crippen molar-refractivity contribution in [3.05, 3.63) is 116 Å². The van der Waals surface area contributed by atoms with Crippen molar-refractivity contribution in [1.29, 1.82) is 5.26 Å². The van der Waals surface area contributed by atoms with E-state index in [2.05, 4.69) is 98.3 Å². The number of Topliss-reactive ketones (excluding diaryl/α,β-unsaturated/α-hetero) is 1. The Labute approximate surface area is 320 Å². The largest absolute Gasteiger partial charge is 0.463 e. The van der Waals surface area contributed by atoms with Gasteiger partial charge in [-0.25, -0.2) is 0 Å². The molecule has 0 aromatic heterocycles. The second kappa shape index (κ2) is 12.8. The number of benzene rings is 3. The van der Waals surface area contributed by atoms with Crippen molar-refractivity contribution in [2.45, 2.75) is 88.5 Å². The molecule has 2 unspecified atom stereocenters. The van der Waals surface area contributed by atoms with Crippen molar-refractivity contribution < 1.29 is 28.9 Å². The average Bonchev–Trinajstić information content (AvgIpc) is 3.78. The first kappa shape index (κ1) is 35.3. The van der Waals surface area contributed by atoms with Crippen LogP contribution >= 0.6 is 11.8 Å². The van der Waals surface area contributed by atoms with Gasteiger partial charge in [0.2, 0.25) is 6.79 Å². The number of nitriles is 1. The summed E-state index contributed by atoms with van der Waals surface area (Å²) in [5.74, 6) is -0.0851. The van der Waals surface area contributed by atoms with Crippen molar-refractivity contribution in [3.8, 4) is 17.2 Å². The van der Waals surface area contributed by atoms with Gasteiger partial charge < -0.3 is 19.3 Å². The molecule has 2 bridgehead atoms. The predicted octanol–water partition coefficient (Wildman–Crippen LogP) is 6.39. The first-order valence-electron chi connectivity index (χ1n) is 18.9. The molecule has 0 spiro atoms. The molecule has 6 aliphatic rings. The second-order valence-corrected chi connectivity index (χ2v) is 17.1. The highest BCUT2D eigenvalue weighted by molar-refractivity contribution is 7.99. The molecule has 3 saturated heterocycles. The van der Waals surface area contributed by atoms with Crippen LogP contribution in [0.3, 0.4) is 0 Å². The molecule has 0 saturated carbocycles. The van der Waals surface area contributed by atoms with E-state index in [1.165, 1.54) is 50.1 Å². The number of nitrogens with zero attached hydrogens (tertiary/aromatic N) is 3. The molecule has 9 nitrogen and oxygen atoms in total. The first-order chi connectivity index (χ1) is 26.0. The fraction of sp³-hybridized carbons (Fsp3) is 0.432. The van der Waals surface area contributed by atoms with Crippen LogP contribution in [-0.4, -0.2) is 82.6 Å². The van der Waals surface area contributed by atoms with Gasteiger partial charge in [-0.15, -0.1) is 11.8 Å². The van der Waals surface area contributed by atoms with E-state index in [0.717, 1.165) is 0 Å².